The number of thiophene rings is 1. The van der Waals surface area contributed by atoms with Crippen LogP contribution >= 0.6 is 11.3 Å². The Morgan fingerprint density at radius 2 is 2.13 bits per heavy atom. The fraction of sp³-hybridized carbons (Fsp3) is 0.167. The highest BCUT2D eigenvalue weighted by Crippen LogP contribution is 2.26. The van der Waals surface area contributed by atoms with Crippen LogP contribution in [0, 0.1) is 12.7 Å². The molecule has 0 amide bonds. The fourth-order valence-corrected chi connectivity index (χ4v) is 2.35. The van der Waals surface area contributed by atoms with Crippen LogP contribution in [0.15, 0.2) is 35.7 Å². The van der Waals surface area contributed by atoms with Gasteiger partial charge in [-0.1, -0.05) is 12.1 Å². The quantitative estimate of drug-likeness (QED) is 0.827. The molecule has 2 N–H and O–H groups in total. The zero-order valence-corrected chi connectivity index (χ0v) is 9.22. The van der Waals surface area contributed by atoms with Crippen molar-refractivity contribution in [1.29, 1.82) is 0 Å². The van der Waals surface area contributed by atoms with Crippen LogP contribution in [0.25, 0.3) is 0 Å². The van der Waals surface area contributed by atoms with Crippen LogP contribution < -0.4 is 5.73 Å². The minimum Gasteiger partial charge on any atom is -0.320 e. The molecule has 0 radical (unpaired) electrons. The van der Waals surface area contributed by atoms with Crippen LogP contribution in [-0.4, -0.2) is 0 Å². The molecule has 1 nitrogen and oxygen atoms in total. The van der Waals surface area contributed by atoms with Gasteiger partial charge < -0.3 is 5.73 Å². The van der Waals surface area contributed by atoms with Crippen molar-refractivity contribution in [2.75, 3.05) is 0 Å². The van der Waals surface area contributed by atoms with Crippen LogP contribution in [0.5, 0.6) is 0 Å². The molecule has 1 aromatic carbocycles. The summed E-state index contributed by atoms with van der Waals surface area (Å²) in [5.41, 5.74) is 7.98. The van der Waals surface area contributed by atoms with Gasteiger partial charge in [-0.05, 0) is 41.6 Å². The molecule has 15 heavy (non-hydrogen) atoms. The molecule has 0 spiro atoms. The van der Waals surface area contributed by atoms with E-state index in [1.165, 1.54) is 12.1 Å². The van der Waals surface area contributed by atoms with E-state index in [-0.39, 0.29) is 11.9 Å². The van der Waals surface area contributed by atoms with Crippen LogP contribution in [0.3, 0.4) is 0 Å². The number of halogens is 1. The summed E-state index contributed by atoms with van der Waals surface area (Å²) in [7, 11) is 0. The van der Waals surface area contributed by atoms with Crippen molar-refractivity contribution in [2.45, 2.75) is 13.0 Å². The van der Waals surface area contributed by atoms with Gasteiger partial charge in [-0.2, -0.15) is 0 Å². The summed E-state index contributed by atoms with van der Waals surface area (Å²) in [5, 5.41) is 1.99. The largest absolute Gasteiger partial charge is 0.320 e. The van der Waals surface area contributed by atoms with E-state index < -0.39 is 0 Å². The van der Waals surface area contributed by atoms with Crippen molar-refractivity contribution < 1.29 is 4.39 Å². The molecule has 0 saturated heterocycles. The lowest BCUT2D eigenvalue weighted by molar-refractivity contribution is 0.625. The molecule has 0 aliphatic carbocycles. The molecule has 1 atom stereocenters. The van der Waals surface area contributed by atoms with E-state index in [4.69, 9.17) is 5.73 Å². The second-order valence-corrected chi connectivity index (χ2v) is 4.47. The highest BCUT2D eigenvalue weighted by molar-refractivity contribution is 7.10. The molecular weight excluding hydrogens is 209 g/mol. The third-order valence-corrected chi connectivity index (χ3v) is 3.37. The molecule has 0 fully saturated rings. The molecule has 0 saturated carbocycles. The van der Waals surface area contributed by atoms with Gasteiger partial charge in [-0.25, -0.2) is 4.39 Å². The molecule has 0 unspecified atom stereocenters. The molecule has 0 aliphatic rings. The average molecular weight is 221 g/mol. The molecule has 78 valence electrons. The van der Waals surface area contributed by atoms with Gasteiger partial charge in [0, 0.05) is 4.88 Å². The summed E-state index contributed by atoms with van der Waals surface area (Å²) in [4.78, 5) is 1.10. The lowest BCUT2D eigenvalue weighted by Crippen LogP contribution is -2.11. The Morgan fingerprint density at radius 1 is 1.33 bits per heavy atom. The monoisotopic (exact) mass is 221 g/mol. The minimum atomic E-state index is -0.213. The van der Waals surface area contributed by atoms with Crippen molar-refractivity contribution in [3.8, 4) is 0 Å². The third kappa shape index (κ3) is 2.08. The van der Waals surface area contributed by atoms with Crippen LogP contribution in [0.2, 0.25) is 0 Å². The molecule has 1 aromatic heterocycles. The summed E-state index contributed by atoms with van der Waals surface area (Å²) in [6.07, 6.45) is 0. The van der Waals surface area contributed by atoms with Crippen molar-refractivity contribution in [3.05, 3.63) is 57.5 Å². The maximum Gasteiger partial charge on any atom is 0.123 e. The smallest absolute Gasteiger partial charge is 0.123 e. The Bertz CT molecular complexity index is 451. The van der Waals surface area contributed by atoms with Gasteiger partial charge >= 0.3 is 0 Å². The predicted molar refractivity (Wildman–Crippen MR) is 61.5 cm³/mol. The Kier molecular flexibility index (Phi) is 2.84. The van der Waals surface area contributed by atoms with Gasteiger partial charge in [0.15, 0.2) is 0 Å². The first kappa shape index (κ1) is 10.3. The first-order valence-corrected chi connectivity index (χ1v) is 5.61. The Labute approximate surface area is 92.4 Å². The first-order chi connectivity index (χ1) is 7.18. The standard InChI is InChI=1S/C12H12FNS/c1-8-7-9(13)4-5-10(8)12(14)11-3-2-6-15-11/h2-7,12H,14H2,1H3/t12-/m1/s1. The summed E-state index contributed by atoms with van der Waals surface area (Å²) >= 11 is 1.62. The number of benzene rings is 1. The van der Waals surface area contributed by atoms with Gasteiger partial charge in [0.1, 0.15) is 5.82 Å². The maximum atomic E-state index is 12.9. The SMILES string of the molecule is Cc1cc(F)ccc1[C@@H](N)c1cccs1. The number of nitrogens with two attached hydrogens (primary N) is 1. The van der Waals surface area contributed by atoms with E-state index >= 15 is 0 Å². The zero-order valence-electron chi connectivity index (χ0n) is 8.41. The molecule has 3 heteroatoms. The second kappa shape index (κ2) is 4.13. The van der Waals surface area contributed by atoms with Crippen LogP contribution in [0.1, 0.15) is 22.0 Å². The molecule has 2 aromatic rings. The highest BCUT2D eigenvalue weighted by atomic mass is 32.1. The molecule has 1 heterocycles. The zero-order chi connectivity index (χ0) is 10.8. The number of rotatable bonds is 2. The molecule has 0 aliphatic heterocycles. The Balaban J connectivity index is 2.38. The van der Waals surface area contributed by atoms with E-state index in [2.05, 4.69) is 0 Å². The van der Waals surface area contributed by atoms with E-state index in [0.29, 0.717) is 0 Å². The van der Waals surface area contributed by atoms with E-state index in [1.54, 1.807) is 17.4 Å². The van der Waals surface area contributed by atoms with E-state index in [9.17, 15) is 4.39 Å². The summed E-state index contributed by atoms with van der Waals surface area (Å²) in [6.45, 7) is 1.88. The van der Waals surface area contributed by atoms with Gasteiger partial charge in [-0.3, -0.25) is 0 Å². The van der Waals surface area contributed by atoms with Crippen molar-refractivity contribution in [3.63, 3.8) is 0 Å². The van der Waals surface area contributed by atoms with Crippen LogP contribution in [0.4, 0.5) is 4.39 Å². The predicted octanol–water partition coefficient (Wildman–Crippen LogP) is 3.24. The topological polar surface area (TPSA) is 26.0 Å². The second-order valence-electron chi connectivity index (χ2n) is 3.49. The molecule has 0 bridgehead atoms. The van der Waals surface area contributed by atoms with E-state index in [0.717, 1.165) is 16.0 Å². The summed E-state index contributed by atoms with van der Waals surface area (Å²) in [5.74, 6) is -0.213. The van der Waals surface area contributed by atoms with Crippen LogP contribution in [-0.2, 0) is 0 Å². The van der Waals surface area contributed by atoms with Crippen molar-refractivity contribution in [1.82, 2.24) is 0 Å². The fourth-order valence-electron chi connectivity index (χ4n) is 1.61. The minimum absolute atomic E-state index is 0.148. The van der Waals surface area contributed by atoms with Crippen molar-refractivity contribution >= 4 is 11.3 Å². The average Bonchev–Trinajstić information content (AvgIpc) is 2.69. The first-order valence-electron chi connectivity index (χ1n) is 4.73. The van der Waals surface area contributed by atoms with Gasteiger partial charge in [-0.15, -0.1) is 11.3 Å². The lowest BCUT2D eigenvalue weighted by Gasteiger charge is -2.12. The Hall–Kier alpha value is -1.19. The number of hydrogen-bond acceptors (Lipinski definition) is 2. The Morgan fingerprint density at radius 3 is 2.73 bits per heavy atom. The van der Waals surface area contributed by atoms with Gasteiger partial charge in [0.2, 0.25) is 0 Å². The maximum absolute atomic E-state index is 12.9. The normalized spacial score (nSPS) is 12.7. The van der Waals surface area contributed by atoms with Gasteiger partial charge in [0.25, 0.3) is 0 Å². The van der Waals surface area contributed by atoms with E-state index in [1.807, 2.05) is 24.4 Å². The number of aryl methyl sites for hydroxylation is 1. The number of hydrogen-bond donors (Lipinski definition) is 1. The highest BCUT2D eigenvalue weighted by Gasteiger charge is 2.12. The van der Waals surface area contributed by atoms with Crippen molar-refractivity contribution in [2.24, 2.45) is 5.73 Å². The third-order valence-electron chi connectivity index (χ3n) is 2.42. The summed E-state index contributed by atoms with van der Waals surface area (Å²) < 4.78 is 12.9. The van der Waals surface area contributed by atoms with Gasteiger partial charge in [0.05, 0.1) is 6.04 Å². The molecular formula is C12H12FNS. The summed E-state index contributed by atoms with van der Waals surface area (Å²) in [6, 6.07) is 8.55. The molecule has 2 rings (SSSR count). The lowest BCUT2D eigenvalue weighted by atomic mass is 10.0.